The Kier molecular flexibility index (Phi) is 4.76. The average Bonchev–Trinajstić information content (AvgIpc) is 2.81. The molecule has 0 aliphatic carbocycles. The molecular formula is C19H18ClFN2O5. The third kappa shape index (κ3) is 3.12. The molecule has 0 atom stereocenters. The molecule has 3 heterocycles. The summed E-state index contributed by atoms with van der Waals surface area (Å²) in [7, 11) is 0. The summed E-state index contributed by atoms with van der Waals surface area (Å²) in [6, 6.07) is 1.51. The van der Waals surface area contributed by atoms with Crippen molar-refractivity contribution in [3.63, 3.8) is 0 Å². The van der Waals surface area contributed by atoms with E-state index in [4.69, 9.17) is 21.4 Å². The second-order valence-corrected chi connectivity index (χ2v) is 7.32. The second-order valence-electron chi connectivity index (χ2n) is 6.91. The molecule has 2 aliphatic heterocycles. The molecule has 4 rings (SSSR count). The van der Waals surface area contributed by atoms with Crippen molar-refractivity contribution >= 4 is 34.4 Å². The fourth-order valence-electron chi connectivity index (χ4n) is 4.11. The number of carbonyl (C=O) groups is 2. The van der Waals surface area contributed by atoms with E-state index >= 15 is 0 Å². The second kappa shape index (κ2) is 7.10. The van der Waals surface area contributed by atoms with Crippen LogP contribution in [0.1, 0.15) is 11.3 Å². The Hall–Kier alpha value is -2.58. The molecule has 0 radical (unpaired) electrons. The molecule has 0 saturated carbocycles. The van der Waals surface area contributed by atoms with E-state index in [1.807, 2.05) is 4.90 Å². The minimum absolute atomic E-state index is 0.0153. The van der Waals surface area contributed by atoms with Gasteiger partial charge in [-0.1, -0.05) is 11.6 Å². The molecule has 28 heavy (non-hydrogen) atoms. The van der Waals surface area contributed by atoms with Crippen LogP contribution in [-0.2, 0) is 29.0 Å². The third-order valence-electron chi connectivity index (χ3n) is 5.28. The number of carboxylic acid groups (broad SMARTS) is 2. The zero-order chi connectivity index (χ0) is 20.0. The van der Waals surface area contributed by atoms with Gasteiger partial charge >= 0.3 is 11.9 Å². The molecule has 0 saturated heterocycles. The molecule has 2 aliphatic rings. The van der Waals surface area contributed by atoms with Gasteiger partial charge in [-0.25, -0.2) is 14.0 Å². The smallest absolute Gasteiger partial charge is 0.333 e. The summed E-state index contributed by atoms with van der Waals surface area (Å²) >= 11 is 6.07. The van der Waals surface area contributed by atoms with Crippen LogP contribution in [0.25, 0.3) is 10.9 Å². The molecule has 0 amide bonds. The van der Waals surface area contributed by atoms with Crippen molar-refractivity contribution in [1.29, 1.82) is 0 Å². The Labute approximate surface area is 164 Å². The molecule has 2 aromatic rings. The fourth-order valence-corrected chi connectivity index (χ4v) is 4.30. The lowest BCUT2D eigenvalue weighted by atomic mass is 10.1. The topological polar surface area (TPSA) is 92.0 Å². The Morgan fingerprint density at radius 3 is 2.71 bits per heavy atom. The average molecular weight is 409 g/mol. The monoisotopic (exact) mass is 408 g/mol. The number of hydrogen-bond acceptors (Lipinski definition) is 4. The Bertz CT molecular complexity index is 1030. The maximum absolute atomic E-state index is 14.9. The van der Waals surface area contributed by atoms with Crippen LogP contribution in [0.3, 0.4) is 0 Å². The van der Waals surface area contributed by atoms with Gasteiger partial charge < -0.3 is 19.5 Å². The van der Waals surface area contributed by atoms with Gasteiger partial charge in [-0.15, -0.1) is 0 Å². The SMILES string of the molecule is O=C(O)/C=C(/CN1CCc2c(n3c4c(cc(Cl)c(F)c24)OCC3)CC1)C(=O)O. The number of fused-ring (bicyclic) bond motifs is 3. The van der Waals surface area contributed by atoms with Crippen molar-refractivity contribution < 1.29 is 28.9 Å². The van der Waals surface area contributed by atoms with Crippen molar-refractivity contribution in [3.05, 3.63) is 39.8 Å². The maximum atomic E-state index is 14.9. The van der Waals surface area contributed by atoms with E-state index in [9.17, 15) is 19.1 Å². The van der Waals surface area contributed by atoms with Crippen LogP contribution in [0.5, 0.6) is 5.75 Å². The Morgan fingerprint density at radius 1 is 1.25 bits per heavy atom. The van der Waals surface area contributed by atoms with E-state index in [1.165, 1.54) is 6.07 Å². The van der Waals surface area contributed by atoms with Gasteiger partial charge in [0, 0.05) is 49.3 Å². The molecule has 148 valence electrons. The zero-order valence-electron chi connectivity index (χ0n) is 14.9. The standard InChI is InChI=1S/C19H18ClFN2O5/c20-12-8-14-18-16(17(12)21)11-1-3-22(9-10(19(26)27)7-15(24)25)4-2-13(11)23(18)5-6-28-14/h7-8H,1-6,9H2,(H,24,25)(H,26,27)/b10-7-. The molecule has 0 unspecified atom stereocenters. The summed E-state index contributed by atoms with van der Waals surface area (Å²) < 4.78 is 22.6. The fraction of sp³-hybridized carbons (Fsp3) is 0.368. The highest BCUT2D eigenvalue weighted by Crippen LogP contribution is 2.41. The highest BCUT2D eigenvalue weighted by Gasteiger charge is 2.29. The molecule has 0 fully saturated rings. The van der Waals surface area contributed by atoms with Gasteiger partial charge in [0.2, 0.25) is 0 Å². The summed E-state index contributed by atoms with van der Waals surface area (Å²) in [6.07, 6.45) is 1.83. The van der Waals surface area contributed by atoms with Crippen LogP contribution >= 0.6 is 11.6 Å². The van der Waals surface area contributed by atoms with Gasteiger partial charge in [0.05, 0.1) is 22.7 Å². The number of halogens is 2. The van der Waals surface area contributed by atoms with Gasteiger partial charge in [0.15, 0.2) is 5.82 Å². The summed E-state index contributed by atoms with van der Waals surface area (Å²) in [6.45, 7) is 2.12. The lowest BCUT2D eigenvalue weighted by molar-refractivity contribution is -0.135. The van der Waals surface area contributed by atoms with E-state index in [0.29, 0.717) is 50.2 Å². The van der Waals surface area contributed by atoms with Gasteiger partial charge in [-0.2, -0.15) is 0 Å². The minimum atomic E-state index is -1.29. The van der Waals surface area contributed by atoms with Crippen LogP contribution in [0.15, 0.2) is 17.7 Å². The predicted octanol–water partition coefficient (Wildman–Crippen LogP) is 2.32. The molecule has 7 nitrogen and oxygen atoms in total. The highest BCUT2D eigenvalue weighted by atomic mass is 35.5. The molecule has 0 spiro atoms. The van der Waals surface area contributed by atoms with Gasteiger partial charge in [-0.05, 0) is 12.0 Å². The summed E-state index contributed by atoms with van der Waals surface area (Å²) in [5, 5.41) is 18.6. The van der Waals surface area contributed by atoms with Crippen molar-refractivity contribution in [2.45, 2.75) is 19.4 Å². The summed E-state index contributed by atoms with van der Waals surface area (Å²) in [4.78, 5) is 24.1. The van der Waals surface area contributed by atoms with E-state index < -0.39 is 17.8 Å². The first kappa shape index (κ1) is 18.8. The van der Waals surface area contributed by atoms with Crippen LogP contribution in [0.4, 0.5) is 4.39 Å². The van der Waals surface area contributed by atoms with E-state index in [0.717, 1.165) is 22.9 Å². The maximum Gasteiger partial charge on any atom is 0.333 e. The van der Waals surface area contributed by atoms with Crippen molar-refractivity contribution in [3.8, 4) is 5.75 Å². The number of carboxylic acids is 2. The number of hydrogen-bond donors (Lipinski definition) is 2. The number of nitrogens with zero attached hydrogens (tertiary/aromatic N) is 2. The predicted molar refractivity (Wildman–Crippen MR) is 99.6 cm³/mol. The number of benzene rings is 1. The lowest BCUT2D eigenvalue weighted by Gasteiger charge is -2.22. The summed E-state index contributed by atoms with van der Waals surface area (Å²) in [5.41, 5.74) is 2.41. The van der Waals surface area contributed by atoms with Gasteiger partial charge in [-0.3, -0.25) is 4.90 Å². The van der Waals surface area contributed by atoms with Crippen molar-refractivity contribution in [2.24, 2.45) is 0 Å². The first-order valence-corrected chi connectivity index (χ1v) is 9.28. The molecule has 2 N–H and O–H groups in total. The largest absolute Gasteiger partial charge is 0.489 e. The molecule has 1 aromatic carbocycles. The van der Waals surface area contributed by atoms with Crippen molar-refractivity contribution in [1.82, 2.24) is 9.47 Å². The molecule has 1 aromatic heterocycles. The molecule has 0 bridgehead atoms. The van der Waals surface area contributed by atoms with E-state index in [-0.39, 0.29) is 17.1 Å². The number of rotatable bonds is 4. The minimum Gasteiger partial charge on any atom is -0.489 e. The molecular weight excluding hydrogens is 391 g/mol. The first-order valence-electron chi connectivity index (χ1n) is 8.90. The van der Waals surface area contributed by atoms with Gasteiger partial charge in [0.1, 0.15) is 12.4 Å². The van der Waals surface area contributed by atoms with Crippen LogP contribution < -0.4 is 4.74 Å². The van der Waals surface area contributed by atoms with Crippen LogP contribution in [-0.4, -0.2) is 57.9 Å². The quantitative estimate of drug-likeness (QED) is 0.754. The van der Waals surface area contributed by atoms with Gasteiger partial charge in [0.25, 0.3) is 0 Å². The summed E-state index contributed by atoms with van der Waals surface area (Å²) in [5.74, 6) is -2.44. The van der Waals surface area contributed by atoms with E-state index in [1.54, 1.807) is 0 Å². The Balaban J connectivity index is 1.69. The third-order valence-corrected chi connectivity index (χ3v) is 5.56. The highest BCUT2D eigenvalue weighted by molar-refractivity contribution is 6.32. The first-order chi connectivity index (χ1) is 13.4. The lowest BCUT2D eigenvalue weighted by Crippen LogP contribution is -2.31. The normalized spacial score (nSPS) is 17.1. The molecule has 9 heteroatoms. The van der Waals surface area contributed by atoms with Crippen LogP contribution in [0, 0.1) is 5.82 Å². The number of aliphatic carboxylic acids is 2. The van der Waals surface area contributed by atoms with E-state index in [2.05, 4.69) is 4.57 Å². The zero-order valence-corrected chi connectivity index (χ0v) is 15.6. The van der Waals surface area contributed by atoms with Crippen LogP contribution in [0.2, 0.25) is 5.02 Å². The van der Waals surface area contributed by atoms with Crippen molar-refractivity contribution in [2.75, 3.05) is 26.2 Å². The number of ether oxygens (including phenoxy) is 1. The number of aromatic nitrogens is 1. The Morgan fingerprint density at radius 2 is 2.00 bits per heavy atom.